The van der Waals surface area contributed by atoms with Crippen molar-refractivity contribution in [2.45, 2.75) is 26.0 Å². The maximum Gasteiger partial charge on any atom is 0.184 e. The molecule has 1 unspecified atom stereocenters. The van der Waals surface area contributed by atoms with Crippen LogP contribution in [0.1, 0.15) is 18.9 Å². The third-order valence-electron chi connectivity index (χ3n) is 1.98. The lowest BCUT2D eigenvalue weighted by molar-refractivity contribution is 0.249. The molecular weight excluding hydrogens is 176 g/mol. The summed E-state index contributed by atoms with van der Waals surface area (Å²) in [6.45, 7) is 2.34. The summed E-state index contributed by atoms with van der Waals surface area (Å²) >= 11 is 0. The minimum absolute atomic E-state index is 0.386. The second-order valence-corrected chi connectivity index (χ2v) is 2.96. The molecule has 0 spiro atoms. The van der Waals surface area contributed by atoms with E-state index in [0.29, 0.717) is 18.7 Å². The van der Waals surface area contributed by atoms with Crippen LogP contribution in [0.3, 0.4) is 0 Å². The van der Waals surface area contributed by atoms with E-state index < -0.39 is 0 Å². The third kappa shape index (κ3) is 2.48. The SMILES string of the molecule is CCC(C#N)Oc1ccccc1CN. The Labute approximate surface area is 84.1 Å². The summed E-state index contributed by atoms with van der Waals surface area (Å²) in [5.41, 5.74) is 6.48. The van der Waals surface area contributed by atoms with Crippen molar-refractivity contribution in [3.05, 3.63) is 29.8 Å². The second-order valence-electron chi connectivity index (χ2n) is 2.96. The molecule has 0 bridgehead atoms. The summed E-state index contributed by atoms with van der Waals surface area (Å²) in [4.78, 5) is 0. The first kappa shape index (κ1) is 10.6. The zero-order chi connectivity index (χ0) is 10.4. The molecule has 2 N–H and O–H groups in total. The van der Waals surface area contributed by atoms with Gasteiger partial charge in [-0.2, -0.15) is 5.26 Å². The lowest BCUT2D eigenvalue weighted by Crippen LogP contribution is -2.14. The van der Waals surface area contributed by atoms with Crippen LogP contribution in [-0.4, -0.2) is 6.10 Å². The van der Waals surface area contributed by atoms with Crippen molar-refractivity contribution in [2.24, 2.45) is 5.73 Å². The highest BCUT2D eigenvalue weighted by Crippen LogP contribution is 2.19. The fraction of sp³-hybridized carbons (Fsp3) is 0.364. The van der Waals surface area contributed by atoms with E-state index in [0.717, 1.165) is 5.56 Å². The van der Waals surface area contributed by atoms with E-state index in [9.17, 15) is 0 Å². The van der Waals surface area contributed by atoms with Gasteiger partial charge in [-0.25, -0.2) is 0 Å². The fourth-order valence-corrected chi connectivity index (χ4v) is 1.14. The lowest BCUT2D eigenvalue weighted by Gasteiger charge is -2.13. The number of nitrogens with two attached hydrogens (primary N) is 1. The normalized spacial score (nSPS) is 11.8. The zero-order valence-corrected chi connectivity index (χ0v) is 8.23. The molecule has 0 saturated heterocycles. The summed E-state index contributed by atoms with van der Waals surface area (Å²) < 4.78 is 5.49. The van der Waals surface area contributed by atoms with Gasteiger partial charge in [0.05, 0.1) is 0 Å². The van der Waals surface area contributed by atoms with Gasteiger partial charge in [0.2, 0.25) is 0 Å². The second kappa shape index (κ2) is 5.25. The molecule has 0 saturated carbocycles. The molecule has 0 aliphatic rings. The van der Waals surface area contributed by atoms with E-state index in [1.165, 1.54) is 0 Å². The standard InChI is InChI=1S/C11H14N2O/c1-2-10(8-13)14-11-6-4-3-5-9(11)7-12/h3-6,10H,2,7,12H2,1H3. The topological polar surface area (TPSA) is 59.0 Å². The van der Waals surface area contributed by atoms with Crippen LogP contribution in [0, 0.1) is 11.3 Å². The number of hydrogen-bond acceptors (Lipinski definition) is 3. The highest BCUT2D eigenvalue weighted by Gasteiger charge is 2.08. The number of benzene rings is 1. The Balaban J connectivity index is 2.80. The molecule has 3 heteroatoms. The van der Waals surface area contributed by atoms with Crippen molar-refractivity contribution in [3.8, 4) is 11.8 Å². The van der Waals surface area contributed by atoms with Gasteiger partial charge in [0.25, 0.3) is 0 Å². The van der Waals surface area contributed by atoms with Crippen LogP contribution in [0.4, 0.5) is 0 Å². The Kier molecular flexibility index (Phi) is 3.96. The van der Waals surface area contributed by atoms with Gasteiger partial charge in [0.1, 0.15) is 11.8 Å². The average Bonchev–Trinajstić information content (AvgIpc) is 2.26. The number of para-hydroxylation sites is 1. The summed E-state index contributed by atoms with van der Waals surface area (Å²) in [6, 6.07) is 9.60. The number of hydrogen-bond donors (Lipinski definition) is 1. The van der Waals surface area contributed by atoms with E-state index in [-0.39, 0.29) is 6.10 Å². The Morgan fingerprint density at radius 1 is 1.50 bits per heavy atom. The first-order valence-electron chi connectivity index (χ1n) is 4.66. The predicted octanol–water partition coefficient (Wildman–Crippen LogP) is 1.83. The summed E-state index contributed by atoms with van der Waals surface area (Å²) in [5.74, 6) is 0.711. The fourth-order valence-electron chi connectivity index (χ4n) is 1.14. The Hall–Kier alpha value is -1.53. The Morgan fingerprint density at radius 3 is 2.79 bits per heavy atom. The molecule has 1 aromatic carbocycles. The third-order valence-corrected chi connectivity index (χ3v) is 1.98. The van der Waals surface area contributed by atoms with Crippen LogP contribution in [0.15, 0.2) is 24.3 Å². The molecule has 0 amide bonds. The molecule has 0 heterocycles. The van der Waals surface area contributed by atoms with Crippen LogP contribution in [-0.2, 0) is 6.54 Å². The summed E-state index contributed by atoms with van der Waals surface area (Å²) in [6.07, 6.45) is 0.290. The molecular formula is C11H14N2O. The van der Waals surface area contributed by atoms with Crippen LogP contribution < -0.4 is 10.5 Å². The first-order chi connectivity index (χ1) is 6.81. The van der Waals surface area contributed by atoms with Crippen molar-refractivity contribution in [2.75, 3.05) is 0 Å². The molecule has 0 radical (unpaired) electrons. The van der Waals surface area contributed by atoms with Gasteiger partial charge in [0, 0.05) is 12.1 Å². The predicted molar refractivity (Wildman–Crippen MR) is 54.7 cm³/mol. The summed E-state index contributed by atoms with van der Waals surface area (Å²) in [5, 5.41) is 8.74. The molecule has 74 valence electrons. The van der Waals surface area contributed by atoms with Crippen LogP contribution in [0.5, 0.6) is 5.75 Å². The van der Waals surface area contributed by atoms with Gasteiger partial charge in [0.15, 0.2) is 6.10 Å². The average molecular weight is 190 g/mol. The van der Waals surface area contributed by atoms with E-state index in [4.69, 9.17) is 15.7 Å². The largest absolute Gasteiger partial charge is 0.475 e. The molecule has 0 aliphatic heterocycles. The molecule has 1 rings (SSSR count). The van der Waals surface area contributed by atoms with Gasteiger partial charge in [-0.05, 0) is 12.5 Å². The van der Waals surface area contributed by atoms with Crippen molar-refractivity contribution >= 4 is 0 Å². The number of nitriles is 1. The van der Waals surface area contributed by atoms with Crippen LogP contribution in [0.2, 0.25) is 0 Å². The highest BCUT2D eigenvalue weighted by molar-refractivity contribution is 5.33. The van der Waals surface area contributed by atoms with Gasteiger partial charge < -0.3 is 10.5 Å². The minimum Gasteiger partial charge on any atom is -0.475 e. The summed E-state index contributed by atoms with van der Waals surface area (Å²) in [7, 11) is 0. The lowest BCUT2D eigenvalue weighted by atomic mass is 10.2. The smallest absolute Gasteiger partial charge is 0.184 e. The molecule has 0 fully saturated rings. The van der Waals surface area contributed by atoms with Gasteiger partial charge in [-0.15, -0.1) is 0 Å². The van der Waals surface area contributed by atoms with Crippen LogP contribution in [0.25, 0.3) is 0 Å². The first-order valence-corrected chi connectivity index (χ1v) is 4.66. The molecule has 3 nitrogen and oxygen atoms in total. The van der Waals surface area contributed by atoms with E-state index in [1.54, 1.807) is 0 Å². The van der Waals surface area contributed by atoms with Gasteiger partial charge in [-0.1, -0.05) is 25.1 Å². The number of nitrogens with zero attached hydrogens (tertiary/aromatic N) is 1. The molecule has 14 heavy (non-hydrogen) atoms. The number of ether oxygens (including phenoxy) is 1. The van der Waals surface area contributed by atoms with Gasteiger partial charge >= 0.3 is 0 Å². The quantitative estimate of drug-likeness (QED) is 0.787. The van der Waals surface area contributed by atoms with Crippen molar-refractivity contribution < 1.29 is 4.74 Å². The van der Waals surface area contributed by atoms with E-state index >= 15 is 0 Å². The van der Waals surface area contributed by atoms with Crippen molar-refractivity contribution in [3.63, 3.8) is 0 Å². The van der Waals surface area contributed by atoms with Crippen molar-refractivity contribution in [1.29, 1.82) is 5.26 Å². The molecule has 0 aromatic heterocycles. The Bertz CT molecular complexity index is 330. The van der Waals surface area contributed by atoms with Crippen LogP contribution >= 0.6 is 0 Å². The molecule has 0 aliphatic carbocycles. The van der Waals surface area contributed by atoms with Crippen molar-refractivity contribution in [1.82, 2.24) is 0 Å². The highest BCUT2D eigenvalue weighted by atomic mass is 16.5. The maximum atomic E-state index is 8.74. The minimum atomic E-state index is -0.386. The number of rotatable bonds is 4. The molecule has 1 aromatic rings. The molecule has 1 atom stereocenters. The monoisotopic (exact) mass is 190 g/mol. The van der Waals surface area contributed by atoms with Gasteiger partial charge in [-0.3, -0.25) is 0 Å². The Morgan fingerprint density at radius 2 is 2.21 bits per heavy atom. The zero-order valence-electron chi connectivity index (χ0n) is 8.23. The van der Waals surface area contributed by atoms with E-state index in [2.05, 4.69) is 6.07 Å². The van der Waals surface area contributed by atoms with E-state index in [1.807, 2.05) is 31.2 Å². The maximum absolute atomic E-state index is 8.74.